The Bertz CT molecular complexity index is 817. The van der Waals surface area contributed by atoms with Gasteiger partial charge < -0.3 is 15.4 Å². The SMILES string of the molecule is COCCNC(=O)Cn1cc(Nc2nc(-c3ccccc3)ns2)cn1. The van der Waals surface area contributed by atoms with Crippen molar-refractivity contribution in [3.05, 3.63) is 42.7 Å². The third kappa shape index (κ3) is 4.85. The Hall–Kier alpha value is -2.78. The molecule has 8 nitrogen and oxygen atoms in total. The number of nitrogens with zero attached hydrogens (tertiary/aromatic N) is 4. The monoisotopic (exact) mass is 358 g/mol. The number of carbonyl (C=O) groups excluding carboxylic acids is 1. The number of amides is 1. The fraction of sp³-hybridized carbons (Fsp3) is 0.250. The quantitative estimate of drug-likeness (QED) is 0.598. The van der Waals surface area contributed by atoms with Crippen molar-refractivity contribution in [3.8, 4) is 11.4 Å². The summed E-state index contributed by atoms with van der Waals surface area (Å²) >= 11 is 1.27. The molecule has 3 aromatic rings. The van der Waals surface area contributed by atoms with Gasteiger partial charge >= 0.3 is 0 Å². The molecule has 0 saturated carbocycles. The molecule has 0 aliphatic carbocycles. The van der Waals surface area contributed by atoms with Gasteiger partial charge in [0.05, 0.1) is 18.5 Å². The number of rotatable bonds is 8. The first-order valence-corrected chi connectivity index (χ1v) is 8.46. The predicted octanol–water partition coefficient (Wildman–Crippen LogP) is 1.91. The predicted molar refractivity (Wildman–Crippen MR) is 95.7 cm³/mol. The fourth-order valence-electron chi connectivity index (χ4n) is 2.11. The van der Waals surface area contributed by atoms with Crippen molar-refractivity contribution in [1.82, 2.24) is 24.5 Å². The van der Waals surface area contributed by atoms with E-state index < -0.39 is 0 Å². The van der Waals surface area contributed by atoms with Crippen molar-refractivity contribution in [3.63, 3.8) is 0 Å². The van der Waals surface area contributed by atoms with Crippen LogP contribution in [0.25, 0.3) is 11.4 Å². The molecule has 1 amide bonds. The van der Waals surface area contributed by atoms with Crippen LogP contribution in [0.4, 0.5) is 10.8 Å². The van der Waals surface area contributed by atoms with E-state index in [1.165, 1.54) is 11.5 Å². The third-order valence-electron chi connectivity index (χ3n) is 3.28. The maximum Gasteiger partial charge on any atom is 0.241 e. The molecule has 130 valence electrons. The van der Waals surface area contributed by atoms with Crippen molar-refractivity contribution < 1.29 is 9.53 Å². The van der Waals surface area contributed by atoms with E-state index >= 15 is 0 Å². The molecule has 0 atom stereocenters. The molecule has 9 heteroatoms. The second-order valence-corrected chi connectivity index (χ2v) is 5.94. The van der Waals surface area contributed by atoms with Gasteiger partial charge in [-0.3, -0.25) is 9.48 Å². The molecule has 0 radical (unpaired) electrons. The van der Waals surface area contributed by atoms with Gasteiger partial charge in [-0.1, -0.05) is 30.3 Å². The zero-order valence-corrected chi connectivity index (χ0v) is 14.5. The Morgan fingerprint density at radius 1 is 1.32 bits per heavy atom. The zero-order chi connectivity index (χ0) is 17.5. The Kier molecular flexibility index (Phi) is 5.70. The van der Waals surface area contributed by atoms with Crippen LogP contribution < -0.4 is 10.6 Å². The Balaban J connectivity index is 1.57. The van der Waals surface area contributed by atoms with Gasteiger partial charge in [-0.05, 0) is 0 Å². The van der Waals surface area contributed by atoms with Gasteiger partial charge in [0.2, 0.25) is 11.0 Å². The maximum atomic E-state index is 11.7. The molecule has 3 rings (SSSR count). The molecule has 0 fully saturated rings. The van der Waals surface area contributed by atoms with E-state index in [-0.39, 0.29) is 12.5 Å². The number of nitrogens with one attached hydrogen (secondary N) is 2. The number of hydrogen-bond acceptors (Lipinski definition) is 7. The first kappa shape index (κ1) is 17.1. The number of ether oxygens (including phenoxy) is 1. The second-order valence-electron chi connectivity index (χ2n) is 5.18. The van der Waals surface area contributed by atoms with Crippen molar-refractivity contribution in [1.29, 1.82) is 0 Å². The van der Waals surface area contributed by atoms with E-state index in [0.717, 1.165) is 11.3 Å². The first-order valence-electron chi connectivity index (χ1n) is 7.69. The lowest BCUT2D eigenvalue weighted by molar-refractivity contribution is -0.122. The van der Waals surface area contributed by atoms with E-state index in [0.29, 0.717) is 24.1 Å². The van der Waals surface area contributed by atoms with Crippen LogP contribution in [0, 0.1) is 0 Å². The summed E-state index contributed by atoms with van der Waals surface area (Å²) in [6, 6.07) is 9.78. The Morgan fingerprint density at radius 2 is 2.16 bits per heavy atom. The first-order chi connectivity index (χ1) is 12.2. The van der Waals surface area contributed by atoms with E-state index in [4.69, 9.17) is 4.74 Å². The highest BCUT2D eigenvalue weighted by atomic mass is 32.1. The van der Waals surface area contributed by atoms with E-state index in [2.05, 4.69) is 25.1 Å². The molecule has 0 aliphatic rings. The maximum absolute atomic E-state index is 11.7. The van der Waals surface area contributed by atoms with Gasteiger partial charge in [-0.25, -0.2) is 0 Å². The van der Waals surface area contributed by atoms with Crippen LogP contribution in [0.3, 0.4) is 0 Å². The molecule has 2 aromatic heterocycles. The van der Waals surface area contributed by atoms with Crippen molar-refractivity contribution >= 4 is 28.3 Å². The van der Waals surface area contributed by atoms with Crippen LogP contribution in [0.1, 0.15) is 0 Å². The highest BCUT2D eigenvalue weighted by Gasteiger charge is 2.08. The molecule has 2 N–H and O–H groups in total. The van der Waals surface area contributed by atoms with Crippen LogP contribution in [0.5, 0.6) is 0 Å². The average molecular weight is 358 g/mol. The summed E-state index contributed by atoms with van der Waals surface area (Å²) in [5, 5.41) is 10.7. The standard InChI is InChI=1S/C16H18N6O2S/c1-24-8-7-17-14(23)11-22-10-13(9-18-22)19-16-20-15(21-25-16)12-5-3-2-4-6-12/h2-6,9-10H,7-8,11H2,1H3,(H,17,23)(H,19,20,21). The third-order valence-corrected chi connectivity index (χ3v) is 3.91. The summed E-state index contributed by atoms with van der Waals surface area (Å²) in [5.41, 5.74) is 1.72. The van der Waals surface area contributed by atoms with Gasteiger partial charge in [-0.2, -0.15) is 14.5 Å². The van der Waals surface area contributed by atoms with Gasteiger partial charge in [0.1, 0.15) is 6.54 Å². The van der Waals surface area contributed by atoms with Crippen LogP contribution in [0.15, 0.2) is 42.7 Å². The fourth-order valence-corrected chi connectivity index (χ4v) is 2.72. The molecule has 2 heterocycles. The Labute approximate surface area is 149 Å². The number of methoxy groups -OCH3 is 1. The number of anilines is 2. The van der Waals surface area contributed by atoms with Crippen molar-refractivity contribution in [2.45, 2.75) is 6.54 Å². The summed E-state index contributed by atoms with van der Waals surface area (Å²) in [5.74, 6) is 0.562. The highest BCUT2D eigenvalue weighted by Crippen LogP contribution is 2.23. The Morgan fingerprint density at radius 3 is 2.96 bits per heavy atom. The average Bonchev–Trinajstić information content (AvgIpc) is 3.26. The molecule has 0 aliphatic heterocycles. The molecule has 25 heavy (non-hydrogen) atoms. The molecular weight excluding hydrogens is 340 g/mol. The summed E-state index contributed by atoms with van der Waals surface area (Å²) in [6.07, 6.45) is 3.39. The van der Waals surface area contributed by atoms with Crippen molar-refractivity contribution in [2.24, 2.45) is 0 Å². The lowest BCUT2D eigenvalue weighted by atomic mass is 10.2. The topological polar surface area (TPSA) is 94.0 Å². The molecule has 0 unspecified atom stereocenters. The summed E-state index contributed by atoms with van der Waals surface area (Å²) in [7, 11) is 1.59. The summed E-state index contributed by atoms with van der Waals surface area (Å²) in [6.45, 7) is 1.12. The number of benzene rings is 1. The van der Waals surface area contributed by atoms with Gasteiger partial charge in [-0.15, -0.1) is 0 Å². The molecule has 0 spiro atoms. The van der Waals surface area contributed by atoms with E-state index in [1.54, 1.807) is 24.2 Å². The zero-order valence-electron chi connectivity index (χ0n) is 13.7. The molecule has 1 aromatic carbocycles. The van der Waals surface area contributed by atoms with Crippen LogP contribution in [-0.2, 0) is 16.1 Å². The van der Waals surface area contributed by atoms with Gasteiger partial charge in [0.25, 0.3) is 0 Å². The van der Waals surface area contributed by atoms with Crippen molar-refractivity contribution in [2.75, 3.05) is 25.6 Å². The summed E-state index contributed by atoms with van der Waals surface area (Å²) in [4.78, 5) is 16.2. The molecule has 0 saturated heterocycles. The van der Waals surface area contributed by atoms with Crippen LogP contribution in [0.2, 0.25) is 0 Å². The summed E-state index contributed by atoms with van der Waals surface area (Å²) < 4.78 is 10.8. The number of aromatic nitrogens is 4. The largest absolute Gasteiger partial charge is 0.383 e. The lowest BCUT2D eigenvalue weighted by Crippen LogP contribution is -2.30. The number of hydrogen-bond donors (Lipinski definition) is 2. The smallest absolute Gasteiger partial charge is 0.241 e. The van der Waals surface area contributed by atoms with Gasteiger partial charge in [0.15, 0.2) is 5.82 Å². The van der Waals surface area contributed by atoms with E-state index in [1.807, 2.05) is 30.3 Å². The van der Waals surface area contributed by atoms with E-state index in [9.17, 15) is 4.79 Å². The highest BCUT2D eigenvalue weighted by molar-refractivity contribution is 7.09. The minimum absolute atomic E-state index is 0.117. The molecule has 0 bridgehead atoms. The minimum Gasteiger partial charge on any atom is -0.383 e. The van der Waals surface area contributed by atoms with Crippen LogP contribution in [-0.4, -0.2) is 45.3 Å². The lowest BCUT2D eigenvalue weighted by Gasteiger charge is -2.04. The van der Waals surface area contributed by atoms with Gasteiger partial charge in [0, 0.05) is 36.9 Å². The number of carbonyl (C=O) groups is 1. The minimum atomic E-state index is -0.117. The molecular formula is C16H18N6O2S. The normalized spacial score (nSPS) is 10.6. The van der Waals surface area contributed by atoms with Crippen LogP contribution >= 0.6 is 11.5 Å². The second kappa shape index (κ2) is 8.36.